The molecular formula is C9H7ClN4O. The molecule has 2 heterocycles. The summed E-state index contributed by atoms with van der Waals surface area (Å²) in [5, 5.41) is 7.75. The van der Waals surface area contributed by atoms with Gasteiger partial charge in [-0.15, -0.1) is 5.10 Å². The third kappa shape index (κ3) is 2.02. The maximum absolute atomic E-state index is 11.8. The van der Waals surface area contributed by atoms with Gasteiger partial charge in [-0.05, 0) is 12.1 Å². The molecule has 0 aliphatic carbocycles. The molecule has 0 radical (unpaired) electrons. The van der Waals surface area contributed by atoms with Gasteiger partial charge in [-0.3, -0.25) is 9.48 Å². The molecule has 6 heteroatoms. The molecule has 0 saturated carbocycles. The quantitative estimate of drug-likeness (QED) is 0.564. The topological polar surface area (TPSA) is 60.7 Å². The van der Waals surface area contributed by atoms with Crippen LogP contribution in [0, 0.1) is 0 Å². The summed E-state index contributed by atoms with van der Waals surface area (Å²) in [5.74, 6) is -0.215. The molecule has 0 unspecified atom stereocenters. The number of nitrogens with zero attached hydrogens (tertiary/aromatic N) is 4. The molecule has 2 aromatic heterocycles. The zero-order chi connectivity index (χ0) is 10.8. The van der Waals surface area contributed by atoms with Gasteiger partial charge >= 0.3 is 0 Å². The molecule has 0 amide bonds. The second kappa shape index (κ2) is 3.78. The fourth-order valence-corrected chi connectivity index (χ4v) is 1.22. The van der Waals surface area contributed by atoms with Crippen LogP contribution in [-0.2, 0) is 7.05 Å². The first kappa shape index (κ1) is 9.79. The predicted molar refractivity (Wildman–Crippen MR) is 53.7 cm³/mol. The Hall–Kier alpha value is -1.75. The van der Waals surface area contributed by atoms with Gasteiger partial charge in [-0.25, -0.2) is 4.98 Å². The Kier molecular flexibility index (Phi) is 2.47. The maximum atomic E-state index is 11.8. The first-order chi connectivity index (χ1) is 7.16. The molecule has 0 aliphatic heterocycles. The summed E-state index contributed by atoms with van der Waals surface area (Å²) in [6.07, 6.45) is 2.97. The van der Waals surface area contributed by atoms with Crippen LogP contribution in [0.1, 0.15) is 16.1 Å². The average molecular weight is 223 g/mol. The molecule has 76 valence electrons. The molecule has 0 aromatic carbocycles. The number of hydrogen-bond acceptors (Lipinski definition) is 4. The molecule has 0 fully saturated rings. The number of hydrogen-bond donors (Lipinski definition) is 0. The minimum atomic E-state index is -0.215. The van der Waals surface area contributed by atoms with E-state index in [1.165, 1.54) is 10.9 Å². The summed E-state index contributed by atoms with van der Waals surface area (Å²) < 4.78 is 1.47. The van der Waals surface area contributed by atoms with E-state index >= 15 is 0 Å². The molecular weight excluding hydrogens is 216 g/mol. The third-order valence-corrected chi connectivity index (χ3v) is 2.05. The van der Waals surface area contributed by atoms with Crippen LogP contribution in [0.3, 0.4) is 0 Å². The lowest BCUT2D eigenvalue weighted by atomic mass is 10.1. The van der Waals surface area contributed by atoms with Crippen LogP contribution in [0.5, 0.6) is 0 Å². The zero-order valence-electron chi connectivity index (χ0n) is 7.88. The number of carbonyl (C=O) groups excluding carboxylic acids is 1. The minimum Gasteiger partial charge on any atom is -0.287 e. The van der Waals surface area contributed by atoms with Crippen molar-refractivity contribution in [1.29, 1.82) is 0 Å². The van der Waals surface area contributed by atoms with Crippen molar-refractivity contribution in [2.45, 2.75) is 0 Å². The highest BCUT2D eigenvalue weighted by atomic mass is 35.5. The van der Waals surface area contributed by atoms with E-state index in [2.05, 4.69) is 15.3 Å². The minimum absolute atomic E-state index is 0.215. The van der Waals surface area contributed by atoms with E-state index in [4.69, 9.17) is 11.6 Å². The number of aryl methyl sites for hydroxylation is 1. The van der Waals surface area contributed by atoms with Crippen molar-refractivity contribution in [3.63, 3.8) is 0 Å². The number of pyridine rings is 1. The van der Waals surface area contributed by atoms with Crippen LogP contribution in [0.2, 0.25) is 5.15 Å². The van der Waals surface area contributed by atoms with E-state index < -0.39 is 0 Å². The summed E-state index contributed by atoms with van der Waals surface area (Å²) in [5.41, 5.74) is 0.738. The largest absolute Gasteiger partial charge is 0.287 e. The SMILES string of the molecule is Cn1cc(C(=O)c2ccc(Cl)nc2)nn1. The number of halogens is 1. The second-order valence-electron chi connectivity index (χ2n) is 2.98. The summed E-state index contributed by atoms with van der Waals surface area (Å²) in [6, 6.07) is 3.16. The van der Waals surface area contributed by atoms with Crippen molar-refractivity contribution in [1.82, 2.24) is 20.0 Å². The van der Waals surface area contributed by atoms with Gasteiger partial charge in [0.05, 0.1) is 6.20 Å². The summed E-state index contributed by atoms with van der Waals surface area (Å²) in [7, 11) is 1.70. The molecule has 0 spiro atoms. The van der Waals surface area contributed by atoms with Crippen LogP contribution in [0.4, 0.5) is 0 Å². The predicted octanol–water partition coefficient (Wildman–Crippen LogP) is 1.09. The molecule has 0 aliphatic rings. The highest BCUT2D eigenvalue weighted by Gasteiger charge is 2.12. The number of aromatic nitrogens is 4. The van der Waals surface area contributed by atoms with Gasteiger partial charge < -0.3 is 0 Å². The summed E-state index contributed by atoms with van der Waals surface area (Å²) >= 11 is 5.61. The van der Waals surface area contributed by atoms with E-state index in [0.717, 1.165) is 0 Å². The van der Waals surface area contributed by atoms with Crippen molar-refractivity contribution >= 4 is 17.4 Å². The Bertz CT molecular complexity index is 491. The van der Waals surface area contributed by atoms with Gasteiger partial charge in [0.1, 0.15) is 5.15 Å². The van der Waals surface area contributed by atoms with Crippen LogP contribution < -0.4 is 0 Å². The van der Waals surface area contributed by atoms with Gasteiger partial charge in [0.25, 0.3) is 0 Å². The highest BCUT2D eigenvalue weighted by Crippen LogP contribution is 2.09. The van der Waals surface area contributed by atoms with Crippen molar-refractivity contribution in [2.24, 2.45) is 7.05 Å². The van der Waals surface area contributed by atoms with E-state index in [-0.39, 0.29) is 5.78 Å². The molecule has 5 nitrogen and oxygen atoms in total. The fourth-order valence-electron chi connectivity index (χ4n) is 1.11. The monoisotopic (exact) mass is 222 g/mol. The zero-order valence-corrected chi connectivity index (χ0v) is 8.64. The first-order valence-electron chi connectivity index (χ1n) is 4.19. The lowest BCUT2D eigenvalue weighted by Gasteiger charge is -1.95. The molecule has 2 rings (SSSR count). The van der Waals surface area contributed by atoms with Gasteiger partial charge in [-0.2, -0.15) is 0 Å². The number of carbonyl (C=O) groups is 1. The van der Waals surface area contributed by atoms with Crippen LogP contribution in [-0.4, -0.2) is 25.8 Å². The van der Waals surface area contributed by atoms with Crippen molar-refractivity contribution in [3.8, 4) is 0 Å². The van der Waals surface area contributed by atoms with Gasteiger partial charge in [-0.1, -0.05) is 16.8 Å². The number of ketones is 1. The molecule has 0 atom stereocenters. The molecule has 2 aromatic rings. The molecule has 0 saturated heterocycles. The Balaban J connectivity index is 2.32. The van der Waals surface area contributed by atoms with Crippen molar-refractivity contribution in [3.05, 3.63) is 40.9 Å². The molecule has 0 N–H and O–H groups in total. The smallest absolute Gasteiger partial charge is 0.216 e. The Morgan fingerprint density at radius 2 is 2.27 bits per heavy atom. The van der Waals surface area contributed by atoms with E-state index in [0.29, 0.717) is 16.4 Å². The van der Waals surface area contributed by atoms with Gasteiger partial charge in [0.2, 0.25) is 5.78 Å². The number of rotatable bonds is 2. The Morgan fingerprint density at radius 3 is 2.80 bits per heavy atom. The van der Waals surface area contributed by atoms with Crippen LogP contribution in [0.15, 0.2) is 24.5 Å². The molecule has 0 bridgehead atoms. The van der Waals surface area contributed by atoms with E-state index in [9.17, 15) is 4.79 Å². The Morgan fingerprint density at radius 1 is 1.47 bits per heavy atom. The standard InChI is InChI=1S/C9H7ClN4O/c1-14-5-7(12-13-14)9(15)6-2-3-8(10)11-4-6/h2-5H,1H3. The Labute approximate surface area is 90.7 Å². The first-order valence-corrected chi connectivity index (χ1v) is 4.57. The van der Waals surface area contributed by atoms with Crippen molar-refractivity contribution < 1.29 is 4.79 Å². The highest BCUT2D eigenvalue weighted by molar-refractivity contribution is 6.29. The van der Waals surface area contributed by atoms with Crippen LogP contribution >= 0.6 is 11.6 Å². The van der Waals surface area contributed by atoms with E-state index in [1.54, 1.807) is 25.4 Å². The lowest BCUT2D eigenvalue weighted by Crippen LogP contribution is -2.02. The average Bonchev–Trinajstić information content (AvgIpc) is 2.65. The fraction of sp³-hybridized carbons (Fsp3) is 0.111. The van der Waals surface area contributed by atoms with E-state index in [1.807, 2.05) is 0 Å². The normalized spacial score (nSPS) is 10.3. The van der Waals surface area contributed by atoms with Crippen molar-refractivity contribution in [2.75, 3.05) is 0 Å². The maximum Gasteiger partial charge on any atom is 0.216 e. The third-order valence-electron chi connectivity index (χ3n) is 1.82. The lowest BCUT2D eigenvalue weighted by molar-refractivity contribution is 0.103. The van der Waals surface area contributed by atoms with Gasteiger partial charge in [0, 0.05) is 18.8 Å². The second-order valence-corrected chi connectivity index (χ2v) is 3.36. The van der Waals surface area contributed by atoms with Gasteiger partial charge in [0.15, 0.2) is 5.69 Å². The van der Waals surface area contributed by atoms with Crippen LogP contribution in [0.25, 0.3) is 0 Å². The summed E-state index contributed by atoms with van der Waals surface area (Å²) in [4.78, 5) is 15.6. The molecule has 15 heavy (non-hydrogen) atoms. The summed E-state index contributed by atoms with van der Waals surface area (Å²) in [6.45, 7) is 0.